The van der Waals surface area contributed by atoms with Crippen molar-refractivity contribution in [3.8, 4) is 6.07 Å². The van der Waals surface area contributed by atoms with Gasteiger partial charge < -0.3 is 5.11 Å². The van der Waals surface area contributed by atoms with Gasteiger partial charge in [0.25, 0.3) is 9.05 Å². The summed E-state index contributed by atoms with van der Waals surface area (Å²) in [5.41, 5.74) is 0.294. The summed E-state index contributed by atoms with van der Waals surface area (Å²) in [6, 6.07) is 4.36. The smallest absolute Gasteiger partial charge is 0.262 e. The second-order valence-electron chi connectivity index (χ2n) is 2.66. The molecule has 0 aromatic heterocycles. The molecule has 1 N–H and O–H groups in total. The molecule has 1 aromatic carbocycles. The fraction of sp³-hybridized carbons (Fsp3) is 0.125. The van der Waals surface area contributed by atoms with Crippen LogP contribution in [0.3, 0.4) is 0 Å². The Kier molecular flexibility index (Phi) is 3.73. The molecule has 0 heterocycles. The summed E-state index contributed by atoms with van der Waals surface area (Å²) in [6.07, 6.45) is 0. The van der Waals surface area contributed by atoms with Crippen molar-refractivity contribution in [3.05, 3.63) is 27.7 Å². The summed E-state index contributed by atoms with van der Waals surface area (Å²) < 4.78 is 22.6. The monoisotopic (exact) mass is 309 g/mol. The van der Waals surface area contributed by atoms with E-state index >= 15 is 0 Å². The summed E-state index contributed by atoms with van der Waals surface area (Å²) >= 11 is 3.03. The minimum Gasteiger partial charge on any atom is -0.392 e. The first kappa shape index (κ1) is 12.5. The fourth-order valence-corrected chi connectivity index (χ4v) is 2.81. The van der Waals surface area contributed by atoms with E-state index < -0.39 is 9.05 Å². The van der Waals surface area contributed by atoms with Crippen molar-refractivity contribution in [1.82, 2.24) is 0 Å². The summed E-state index contributed by atoms with van der Waals surface area (Å²) in [7, 11) is 1.17. The van der Waals surface area contributed by atoms with Crippen LogP contribution in [0.15, 0.2) is 21.5 Å². The lowest BCUT2D eigenvalue weighted by atomic mass is 10.1. The molecule has 0 atom stereocenters. The lowest BCUT2D eigenvalue weighted by molar-refractivity contribution is 0.281. The number of rotatable bonds is 2. The van der Waals surface area contributed by atoms with Gasteiger partial charge in [0, 0.05) is 15.2 Å². The zero-order valence-electron chi connectivity index (χ0n) is 7.24. The molecule has 1 aromatic rings. The highest BCUT2D eigenvalue weighted by Gasteiger charge is 2.19. The Morgan fingerprint density at radius 2 is 2.13 bits per heavy atom. The van der Waals surface area contributed by atoms with Gasteiger partial charge in [0.05, 0.1) is 12.2 Å². The van der Waals surface area contributed by atoms with Gasteiger partial charge in [0.1, 0.15) is 11.0 Å². The molecule has 0 aliphatic carbocycles. The van der Waals surface area contributed by atoms with Crippen molar-refractivity contribution in [1.29, 1.82) is 5.26 Å². The molecule has 0 aliphatic rings. The lowest BCUT2D eigenvalue weighted by Crippen LogP contribution is -1.98. The van der Waals surface area contributed by atoms with Crippen LogP contribution in [-0.4, -0.2) is 13.5 Å². The van der Waals surface area contributed by atoms with Crippen LogP contribution in [0.2, 0.25) is 0 Å². The molecule has 7 heteroatoms. The Morgan fingerprint density at radius 3 is 2.53 bits per heavy atom. The first-order valence-corrected chi connectivity index (χ1v) is 6.78. The Morgan fingerprint density at radius 1 is 1.53 bits per heavy atom. The van der Waals surface area contributed by atoms with E-state index in [0.717, 1.165) is 0 Å². The summed E-state index contributed by atoms with van der Waals surface area (Å²) in [4.78, 5) is -0.301. The summed E-state index contributed by atoms with van der Waals surface area (Å²) in [6.45, 7) is -0.330. The lowest BCUT2D eigenvalue weighted by Gasteiger charge is -2.05. The topological polar surface area (TPSA) is 78.2 Å². The molecule has 15 heavy (non-hydrogen) atoms. The number of nitrogens with zero attached hydrogens (tertiary/aromatic N) is 1. The molecule has 0 fully saturated rings. The van der Waals surface area contributed by atoms with Gasteiger partial charge in [-0.1, -0.05) is 0 Å². The third-order valence-corrected chi connectivity index (χ3v) is 3.64. The van der Waals surface area contributed by atoms with E-state index in [1.54, 1.807) is 6.07 Å². The van der Waals surface area contributed by atoms with E-state index in [9.17, 15) is 8.42 Å². The van der Waals surface area contributed by atoms with Crippen LogP contribution in [0, 0.1) is 11.3 Å². The maximum atomic E-state index is 11.1. The Bertz CT molecular complexity index is 536. The predicted molar refractivity (Wildman–Crippen MR) is 57.8 cm³/mol. The minimum absolute atomic E-state index is 0.0674. The van der Waals surface area contributed by atoms with Crippen LogP contribution in [0.25, 0.3) is 0 Å². The molecule has 0 bridgehead atoms. The summed E-state index contributed by atoms with van der Waals surface area (Å²) in [5.74, 6) is 0. The normalized spacial score (nSPS) is 11.1. The molecule has 0 saturated heterocycles. The predicted octanol–water partition coefficient (Wildman–Crippen LogP) is 1.74. The van der Waals surface area contributed by atoms with Gasteiger partial charge in [0.2, 0.25) is 0 Å². The van der Waals surface area contributed by atoms with Crippen molar-refractivity contribution < 1.29 is 13.5 Å². The molecule has 80 valence electrons. The number of aliphatic hydroxyl groups excluding tert-OH is 1. The number of benzene rings is 1. The number of aliphatic hydroxyl groups is 1. The van der Waals surface area contributed by atoms with E-state index in [-0.39, 0.29) is 21.5 Å². The largest absolute Gasteiger partial charge is 0.392 e. The van der Waals surface area contributed by atoms with Crippen molar-refractivity contribution in [2.24, 2.45) is 0 Å². The van der Waals surface area contributed by atoms with Gasteiger partial charge in [0.15, 0.2) is 0 Å². The molecule has 4 nitrogen and oxygen atoms in total. The molecule has 0 aliphatic heterocycles. The highest BCUT2D eigenvalue weighted by molar-refractivity contribution is 9.10. The van der Waals surface area contributed by atoms with E-state index in [1.165, 1.54) is 12.1 Å². The van der Waals surface area contributed by atoms with Crippen molar-refractivity contribution in [2.75, 3.05) is 0 Å². The van der Waals surface area contributed by atoms with Gasteiger partial charge in [-0.2, -0.15) is 5.26 Å². The van der Waals surface area contributed by atoms with E-state index in [0.29, 0.717) is 5.56 Å². The average Bonchev–Trinajstić information content (AvgIpc) is 2.15. The van der Waals surface area contributed by atoms with E-state index in [1.807, 2.05) is 0 Å². The van der Waals surface area contributed by atoms with Gasteiger partial charge in [-0.15, -0.1) is 0 Å². The maximum absolute atomic E-state index is 11.1. The molecule has 0 amide bonds. The number of halogens is 2. The zero-order chi connectivity index (χ0) is 11.6. The van der Waals surface area contributed by atoms with Gasteiger partial charge >= 0.3 is 0 Å². The zero-order valence-corrected chi connectivity index (χ0v) is 10.4. The SMILES string of the molecule is N#Cc1c(Br)cc(CO)cc1S(=O)(=O)Cl. The Labute approximate surface area is 99.6 Å². The van der Waals surface area contributed by atoms with Gasteiger partial charge in [-0.3, -0.25) is 0 Å². The molecular formula is C8H5BrClNO3S. The Balaban J connectivity index is 3.63. The second-order valence-corrected chi connectivity index (χ2v) is 6.05. The number of hydrogen-bond donors (Lipinski definition) is 1. The van der Waals surface area contributed by atoms with Crippen LogP contribution in [-0.2, 0) is 15.7 Å². The van der Waals surface area contributed by atoms with Crippen molar-refractivity contribution >= 4 is 35.7 Å². The quantitative estimate of drug-likeness (QED) is 0.844. The standard InChI is InChI=1S/C8H5BrClNO3S/c9-7-1-5(4-12)2-8(6(7)3-11)15(10,13)14/h1-2,12H,4H2. The Hall–Kier alpha value is -0.610. The minimum atomic E-state index is -3.99. The second kappa shape index (κ2) is 4.49. The summed E-state index contributed by atoms with van der Waals surface area (Å²) in [5, 5.41) is 17.6. The average molecular weight is 311 g/mol. The fourth-order valence-electron chi connectivity index (χ4n) is 1.03. The molecule has 0 radical (unpaired) electrons. The van der Waals surface area contributed by atoms with E-state index in [2.05, 4.69) is 15.9 Å². The van der Waals surface area contributed by atoms with Crippen LogP contribution in [0.1, 0.15) is 11.1 Å². The molecular weight excluding hydrogens is 306 g/mol. The van der Waals surface area contributed by atoms with Crippen LogP contribution in [0.5, 0.6) is 0 Å². The molecule has 0 spiro atoms. The maximum Gasteiger partial charge on any atom is 0.262 e. The highest BCUT2D eigenvalue weighted by atomic mass is 79.9. The van der Waals surface area contributed by atoms with Gasteiger partial charge in [-0.05, 0) is 33.6 Å². The van der Waals surface area contributed by atoms with Gasteiger partial charge in [-0.25, -0.2) is 8.42 Å². The molecule has 1 rings (SSSR count). The van der Waals surface area contributed by atoms with Crippen LogP contribution < -0.4 is 0 Å². The van der Waals surface area contributed by atoms with Crippen molar-refractivity contribution in [2.45, 2.75) is 11.5 Å². The van der Waals surface area contributed by atoms with Crippen LogP contribution >= 0.6 is 26.6 Å². The third-order valence-electron chi connectivity index (χ3n) is 1.67. The highest BCUT2D eigenvalue weighted by Crippen LogP contribution is 2.28. The first-order valence-electron chi connectivity index (χ1n) is 3.68. The molecule has 0 saturated carbocycles. The van der Waals surface area contributed by atoms with E-state index in [4.69, 9.17) is 21.1 Å². The number of nitriles is 1. The first-order chi connectivity index (χ1) is 6.90. The molecule has 0 unspecified atom stereocenters. The number of hydrogen-bond acceptors (Lipinski definition) is 4. The van der Waals surface area contributed by atoms with Crippen LogP contribution in [0.4, 0.5) is 0 Å². The third kappa shape index (κ3) is 2.69. The van der Waals surface area contributed by atoms with Crippen molar-refractivity contribution in [3.63, 3.8) is 0 Å².